The van der Waals surface area contributed by atoms with Crippen LogP contribution in [0.3, 0.4) is 0 Å². The first-order valence-corrected chi connectivity index (χ1v) is 3.60. The van der Waals surface area contributed by atoms with Gasteiger partial charge in [-0.25, -0.2) is 0 Å². The Hall–Kier alpha value is -0.180. The standard InChI is InChI=1S/C7H12F2O/c1-5(6-2-3-6)4-10-7(8)9/h5-7H,2-4H2,1H3. The lowest BCUT2D eigenvalue weighted by molar-refractivity contribution is -0.138. The maximum absolute atomic E-state index is 11.5. The molecule has 1 unspecified atom stereocenters. The fourth-order valence-corrected chi connectivity index (χ4v) is 1.03. The monoisotopic (exact) mass is 150 g/mol. The Labute approximate surface area is 59.4 Å². The van der Waals surface area contributed by atoms with Crippen LogP contribution in [0.4, 0.5) is 8.78 Å². The maximum Gasteiger partial charge on any atom is 0.345 e. The van der Waals surface area contributed by atoms with Crippen molar-refractivity contribution >= 4 is 0 Å². The van der Waals surface area contributed by atoms with Gasteiger partial charge in [0.05, 0.1) is 6.61 Å². The molecule has 0 amide bonds. The molecule has 1 aliphatic carbocycles. The summed E-state index contributed by atoms with van der Waals surface area (Å²) < 4.78 is 27.1. The lowest BCUT2D eigenvalue weighted by Gasteiger charge is -2.08. The number of hydrogen-bond acceptors (Lipinski definition) is 1. The third-order valence-electron chi connectivity index (χ3n) is 1.91. The first-order chi connectivity index (χ1) is 4.70. The van der Waals surface area contributed by atoms with E-state index in [9.17, 15) is 8.78 Å². The fraction of sp³-hybridized carbons (Fsp3) is 1.00. The van der Waals surface area contributed by atoms with Gasteiger partial charge in [-0.1, -0.05) is 6.92 Å². The first kappa shape index (κ1) is 7.92. The highest BCUT2D eigenvalue weighted by molar-refractivity contribution is 4.78. The van der Waals surface area contributed by atoms with Crippen molar-refractivity contribution in [2.75, 3.05) is 6.61 Å². The number of hydrogen-bond donors (Lipinski definition) is 0. The molecule has 10 heavy (non-hydrogen) atoms. The second-order valence-corrected chi connectivity index (χ2v) is 2.91. The highest BCUT2D eigenvalue weighted by Crippen LogP contribution is 2.36. The van der Waals surface area contributed by atoms with Crippen molar-refractivity contribution in [1.29, 1.82) is 0 Å². The Kier molecular flexibility index (Phi) is 2.60. The van der Waals surface area contributed by atoms with Crippen LogP contribution >= 0.6 is 0 Å². The molecule has 1 rings (SSSR count). The van der Waals surface area contributed by atoms with Crippen molar-refractivity contribution in [3.8, 4) is 0 Å². The molecule has 0 spiro atoms. The largest absolute Gasteiger partial charge is 0.345 e. The van der Waals surface area contributed by atoms with Gasteiger partial charge in [0.1, 0.15) is 0 Å². The summed E-state index contributed by atoms with van der Waals surface area (Å²) in [5.41, 5.74) is 0. The van der Waals surface area contributed by atoms with E-state index in [0.717, 1.165) is 0 Å². The predicted molar refractivity (Wildman–Crippen MR) is 33.8 cm³/mol. The number of ether oxygens (including phenoxy) is 1. The molecule has 0 aliphatic heterocycles. The smallest absolute Gasteiger partial charge is 0.323 e. The molecule has 1 saturated carbocycles. The molecule has 0 aromatic rings. The maximum atomic E-state index is 11.5. The molecule has 0 aromatic heterocycles. The number of alkyl halides is 2. The molecule has 3 heteroatoms. The van der Waals surface area contributed by atoms with Crippen molar-refractivity contribution in [1.82, 2.24) is 0 Å². The van der Waals surface area contributed by atoms with Gasteiger partial charge in [-0.3, -0.25) is 0 Å². The molecular weight excluding hydrogens is 138 g/mol. The van der Waals surface area contributed by atoms with E-state index in [0.29, 0.717) is 11.8 Å². The summed E-state index contributed by atoms with van der Waals surface area (Å²) in [6.07, 6.45) is 2.38. The molecule has 60 valence electrons. The highest BCUT2D eigenvalue weighted by Gasteiger charge is 2.28. The molecule has 1 nitrogen and oxygen atoms in total. The van der Waals surface area contributed by atoms with Gasteiger partial charge in [-0.15, -0.1) is 0 Å². The van der Waals surface area contributed by atoms with E-state index in [4.69, 9.17) is 0 Å². The predicted octanol–water partition coefficient (Wildman–Crippen LogP) is 2.27. The highest BCUT2D eigenvalue weighted by atomic mass is 19.3. The Balaban J connectivity index is 2.00. The Morgan fingerprint density at radius 3 is 2.50 bits per heavy atom. The van der Waals surface area contributed by atoms with E-state index in [1.165, 1.54) is 12.8 Å². The zero-order valence-electron chi connectivity index (χ0n) is 6.02. The van der Waals surface area contributed by atoms with Gasteiger partial charge in [0, 0.05) is 0 Å². The summed E-state index contributed by atoms with van der Waals surface area (Å²) in [7, 11) is 0. The van der Waals surface area contributed by atoms with Gasteiger partial charge in [-0.05, 0) is 24.7 Å². The van der Waals surface area contributed by atoms with Crippen molar-refractivity contribution in [3.63, 3.8) is 0 Å². The molecule has 1 atom stereocenters. The zero-order chi connectivity index (χ0) is 7.56. The zero-order valence-corrected chi connectivity index (χ0v) is 6.02. The van der Waals surface area contributed by atoms with Crippen molar-refractivity contribution in [3.05, 3.63) is 0 Å². The van der Waals surface area contributed by atoms with Crippen LogP contribution in [-0.2, 0) is 4.74 Å². The molecular formula is C7H12F2O. The molecule has 1 aliphatic rings. The summed E-state index contributed by atoms with van der Waals surface area (Å²) >= 11 is 0. The molecule has 1 fully saturated rings. The van der Waals surface area contributed by atoms with Crippen LogP contribution < -0.4 is 0 Å². The SMILES string of the molecule is CC(COC(F)F)C1CC1. The van der Waals surface area contributed by atoms with Crippen molar-refractivity contribution in [2.45, 2.75) is 26.4 Å². The van der Waals surface area contributed by atoms with Crippen LogP contribution in [0.5, 0.6) is 0 Å². The van der Waals surface area contributed by atoms with Gasteiger partial charge in [-0.2, -0.15) is 8.78 Å². The van der Waals surface area contributed by atoms with Crippen LogP contribution in [0.2, 0.25) is 0 Å². The van der Waals surface area contributed by atoms with Gasteiger partial charge in [0.15, 0.2) is 0 Å². The van der Waals surface area contributed by atoms with Crippen molar-refractivity contribution in [2.24, 2.45) is 11.8 Å². The van der Waals surface area contributed by atoms with Gasteiger partial charge < -0.3 is 4.74 Å². The normalized spacial score (nSPS) is 21.6. The first-order valence-electron chi connectivity index (χ1n) is 3.60. The lowest BCUT2D eigenvalue weighted by Crippen LogP contribution is -2.10. The molecule has 0 bridgehead atoms. The summed E-state index contributed by atoms with van der Waals surface area (Å²) in [6.45, 7) is -0.427. The third-order valence-corrected chi connectivity index (χ3v) is 1.91. The topological polar surface area (TPSA) is 9.23 Å². The van der Waals surface area contributed by atoms with Crippen LogP contribution in [0.15, 0.2) is 0 Å². The second kappa shape index (κ2) is 3.28. The quantitative estimate of drug-likeness (QED) is 0.597. The second-order valence-electron chi connectivity index (χ2n) is 2.91. The van der Waals surface area contributed by atoms with E-state index in [-0.39, 0.29) is 6.61 Å². The van der Waals surface area contributed by atoms with Crippen LogP contribution in [-0.4, -0.2) is 13.2 Å². The average Bonchev–Trinajstić information content (AvgIpc) is 2.63. The van der Waals surface area contributed by atoms with Crippen LogP contribution in [0, 0.1) is 11.8 Å². The van der Waals surface area contributed by atoms with Crippen molar-refractivity contribution < 1.29 is 13.5 Å². The summed E-state index contributed by atoms with van der Waals surface area (Å²) in [5, 5.41) is 0. The molecule has 0 N–H and O–H groups in total. The summed E-state index contributed by atoms with van der Waals surface area (Å²) in [4.78, 5) is 0. The third kappa shape index (κ3) is 2.60. The van der Waals surface area contributed by atoms with Crippen LogP contribution in [0.1, 0.15) is 19.8 Å². The Morgan fingerprint density at radius 1 is 1.50 bits per heavy atom. The minimum atomic E-state index is -2.60. The van der Waals surface area contributed by atoms with Gasteiger partial charge >= 0.3 is 6.61 Å². The molecule has 0 radical (unpaired) electrons. The van der Waals surface area contributed by atoms with Gasteiger partial charge in [0.25, 0.3) is 0 Å². The van der Waals surface area contributed by atoms with E-state index in [1.54, 1.807) is 0 Å². The Bertz CT molecular complexity index is 102. The number of rotatable bonds is 4. The van der Waals surface area contributed by atoms with E-state index < -0.39 is 6.61 Å². The molecule has 0 heterocycles. The van der Waals surface area contributed by atoms with Crippen LogP contribution in [0.25, 0.3) is 0 Å². The number of halogens is 2. The molecule has 0 saturated heterocycles. The average molecular weight is 150 g/mol. The fourth-order valence-electron chi connectivity index (χ4n) is 1.03. The lowest BCUT2D eigenvalue weighted by atomic mass is 10.1. The Morgan fingerprint density at radius 2 is 2.10 bits per heavy atom. The van der Waals surface area contributed by atoms with E-state index >= 15 is 0 Å². The van der Waals surface area contributed by atoms with Gasteiger partial charge in [0.2, 0.25) is 0 Å². The minimum Gasteiger partial charge on any atom is -0.323 e. The minimum absolute atomic E-state index is 0.211. The molecule has 0 aromatic carbocycles. The van der Waals surface area contributed by atoms with E-state index in [2.05, 4.69) is 4.74 Å². The van der Waals surface area contributed by atoms with E-state index in [1.807, 2.05) is 6.92 Å². The summed E-state index contributed by atoms with van der Waals surface area (Å²) in [6, 6.07) is 0. The summed E-state index contributed by atoms with van der Waals surface area (Å²) in [5.74, 6) is 0.966.